The molecule has 0 saturated carbocycles. The molecule has 0 saturated heterocycles. The first kappa shape index (κ1) is 24.3. The highest BCUT2D eigenvalue weighted by Crippen LogP contribution is 2.35. The van der Waals surface area contributed by atoms with Crippen LogP contribution in [0.1, 0.15) is 4.88 Å². The largest absolute Gasteiger partial charge is 0.430 e. The van der Waals surface area contributed by atoms with Gasteiger partial charge in [0.15, 0.2) is 9.84 Å². The van der Waals surface area contributed by atoms with Crippen molar-refractivity contribution in [2.45, 2.75) is 11.1 Å². The highest BCUT2D eigenvalue weighted by Gasteiger charge is 2.32. The summed E-state index contributed by atoms with van der Waals surface area (Å²) in [5.74, 6) is 0. The second kappa shape index (κ2) is 9.27. The van der Waals surface area contributed by atoms with E-state index < -0.39 is 21.7 Å². The Balaban J connectivity index is 2.13. The minimum absolute atomic E-state index is 0.0699. The fraction of sp³-hybridized carbons (Fsp3) is 0.0952. The zero-order chi connectivity index (χ0) is 23.7. The van der Waals surface area contributed by atoms with Crippen LogP contribution in [0.4, 0.5) is 18.9 Å². The molecule has 0 spiro atoms. The monoisotopic (exact) mass is 518 g/mol. The van der Waals surface area contributed by atoms with Crippen LogP contribution in [-0.4, -0.2) is 26.6 Å². The van der Waals surface area contributed by atoms with Crippen molar-refractivity contribution in [3.63, 3.8) is 0 Å². The molecule has 2 N–H and O–H groups in total. The number of nitrogens with two attached hydrogens (primary N) is 1. The van der Waals surface area contributed by atoms with Gasteiger partial charge in [-0.3, -0.25) is 0 Å². The number of benzene rings is 2. The molecule has 0 atom stereocenters. The Hall–Kier alpha value is -2.33. The molecule has 0 aliphatic carbocycles. The number of thiophene rings is 1. The van der Waals surface area contributed by atoms with Gasteiger partial charge in [0.05, 0.1) is 31.2 Å². The molecule has 0 fully saturated rings. The van der Waals surface area contributed by atoms with E-state index in [4.69, 9.17) is 28.9 Å². The van der Waals surface area contributed by atoms with Crippen LogP contribution in [0.2, 0.25) is 10.0 Å². The Morgan fingerprint density at radius 2 is 1.78 bits per heavy atom. The second-order valence-electron chi connectivity index (χ2n) is 6.63. The Morgan fingerprint density at radius 3 is 2.44 bits per heavy atom. The van der Waals surface area contributed by atoms with Gasteiger partial charge in [0, 0.05) is 11.1 Å². The first-order valence-corrected chi connectivity index (χ1v) is 12.3. The lowest BCUT2D eigenvalue weighted by Gasteiger charge is -2.08. The molecule has 0 radical (unpaired) electrons. The van der Waals surface area contributed by atoms with Gasteiger partial charge in [-0.1, -0.05) is 41.4 Å². The van der Waals surface area contributed by atoms with Gasteiger partial charge in [-0.25, -0.2) is 13.4 Å². The van der Waals surface area contributed by atoms with E-state index in [0.717, 1.165) is 23.7 Å². The van der Waals surface area contributed by atoms with Gasteiger partial charge in [-0.15, -0.1) is 11.3 Å². The van der Waals surface area contributed by atoms with Gasteiger partial charge in [0.1, 0.15) is 5.70 Å². The Kier molecular flexibility index (Phi) is 7.04. The molecule has 168 valence electrons. The van der Waals surface area contributed by atoms with Gasteiger partial charge >= 0.3 is 6.18 Å². The lowest BCUT2D eigenvalue weighted by atomic mass is 10.2. The van der Waals surface area contributed by atoms with Crippen molar-refractivity contribution < 1.29 is 21.6 Å². The molecule has 0 aliphatic rings. The summed E-state index contributed by atoms with van der Waals surface area (Å²) < 4.78 is 62.9. The van der Waals surface area contributed by atoms with E-state index in [1.807, 2.05) is 0 Å². The van der Waals surface area contributed by atoms with Crippen molar-refractivity contribution in [2.75, 3.05) is 6.26 Å². The van der Waals surface area contributed by atoms with Crippen LogP contribution >= 0.6 is 34.5 Å². The Labute approximate surface area is 196 Å². The fourth-order valence-electron chi connectivity index (χ4n) is 2.61. The lowest BCUT2D eigenvalue weighted by Crippen LogP contribution is -2.20. The predicted molar refractivity (Wildman–Crippen MR) is 124 cm³/mol. The van der Waals surface area contributed by atoms with Crippen LogP contribution in [0.3, 0.4) is 0 Å². The molecular weight excluding hydrogens is 504 g/mol. The third-order valence-corrected chi connectivity index (χ3v) is 7.27. The van der Waals surface area contributed by atoms with Crippen molar-refractivity contribution in [1.29, 1.82) is 0 Å². The Bertz CT molecular complexity index is 1330. The molecule has 2 aromatic carbocycles. The molecule has 4 nitrogen and oxygen atoms in total. The molecule has 1 aromatic heterocycles. The smallest absolute Gasteiger partial charge is 0.395 e. The van der Waals surface area contributed by atoms with E-state index in [2.05, 4.69) is 4.99 Å². The highest BCUT2D eigenvalue weighted by atomic mass is 35.5. The van der Waals surface area contributed by atoms with Gasteiger partial charge in [-0.2, -0.15) is 13.2 Å². The molecule has 0 aliphatic heterocycles. The maximum atomic E-state index is 13.1. The van der Waals surface area contributed by atoms with Crippen LogP contribution in [0.5, 0.6) is 0 Å². The van der Waals surface area contributed by atoms with Crippen molar-refractivity contribution in [3.8, 4) is 10.4 Å². The van der Waals surface area contributed by atoms with Crippen molar-refractivity contribution in [2.24, 2.45) is 10.7 Å². The third-order valence-electron chi connectivity index (χ3n) is 4.20. The number of nitrogens with zero attached hydrogens (tertiary/aromatic N) is 1. The van der Waals surface area contributed by atoms with E-state index in [9.17, 15) is 21.6 Å². The molecule has 0 unspecified atom stereocenters. The van der Waals surface area contributed by atoms with Gasteiger partial charge in [0.2, 0.25) is 0 Å². The van der Waals surface area contributed by atoms with E-state index in [1.54, 1.807) is 30.3 Å². The summed E-state index contributed by atoms with van der Waals surface area (Å²) in [4.78, 5) is 5.40. The van der Waals surface area contributed by atoms with Crippen LogP contribution in [0.15, 0.2) is 76.3 Å². The van der Waals surface area contributed by atoms with Crippen molar-refractivity contribution >= 4 is 55.8 Å². The molecule has 3 aromatic rings. The van der Waals surface area contributed by atoms with E-state index in [-0.39, 0.29) is 26.3 Å². The summed E-state index contributed by atoms with van der Waals surface area (Å²) in [5, 5.41) is 0.285. The number of allylic oxidation sites excluding steroid dienone is 2. The highest BCUT2D eigenvalue weighted by molar-refractivity contribution is 7.90. The standard InChI is InChI=1S/C21H15Cl2F3N2O2S2/c1-32(29,30)13-5-2-4-12(10-13)17-8-9-18(31-17)16(11-19(27)21(24,25)26)28-15-7-3-6-14(22)20(15)23/h2-11H,27H2,1H3/b19-11-,28-16?. The summed E-state index contributed by atoms with van der Waals surface area (Å²) >= 11 is 13.3. The van der Waals surface area contributed by atoms with Crippen LogP contribution in [0.25, 0.3) is 10.4 Å². The average molecular weight is 519 g/mol. The second-order valence-corrected chi connectivity index (χ2v) is 10.5. The molecule has 0 bridgehead atoms. The van der Waals surface area contributed by atoms with Crippen molar-refractivity contribution in [3.05, 3.63) is 81.3 Å². The van der Waals surface area contributed by atoms with Gasteiger partial charge < -0.3 is 5.73 Å². The summed E-state index contributed by atoms with van der Waals surface area (Å²) in [5.41, 5.74) is 4.60. The number of sulfone groups is 1. The minimum atomic E-state index is -4.75. The number of halogens is 5. The number of hydrogen-bond acceptors (Lipinski definition) is 5. The first-order chi connectivity index (χ1) is 14.9. The predicted octanol–water partition coefficient (Wildman–Crippen LogP) is 6.65. The fourth-order valence-corrected chi connectivity index (χ4v) is 4.57. The van der Waals surface area contributed by atoms with Gasteiger partial charge in [0.25, 0.3) is 0 Å². The molecule has 3 rings (SSSR count). The number of aliphatic imine (C=N–C) groups is 1. The zero-order valence-corrected chi connectivity index (χ0v) is 19.5. The molecule has 11 heteroatoms. The average Bonchev–Trinajstić information content (AvgIpc) is 3.19. The molecular formula is C21H15Cl2F3N2O2S2. The van der Waals surface area contributed by atoms with Crippen molar-refractivity contribution in [1.82, 2.24) is 0 Å². The Morgan fingerprint density at radius 1 is 1.09 bits per heavy atom. The SMILES string of the molecule is CS(=O)(=O)c1cccc(-c2ccc(C(/C=C(\N)C(F)(F)F)=Nc3cccc(Cl)c3Cl)s2)c1. The van der Waals surface area contributed by atoms with Crippen LogP contribution in [0, 0.1) is 0 Å². The van der Waals surface area contributed by atoms with Crippen LogP contribution < -0.4 is 5.73 Å². The summed E-state index contributed by atoms with van der Waals surface area (Å²) in [6, 6.07) is 14.1. The number of hydrogen-bond donors (Lipinski definition) is 1. The molecule has 1 heterocycles. The first-order valence-electron chi connectivity index (χ1n) is 8.84. The topological polar surface area (TPSA) is 72.5 Å². The van der Waals surface area contributed by atoms with E-state index in [0.29, 0.717) is 15.3 Å². The summed E-state index contributed by atoms with van der Waals surface area (Å²) in [6.45, 7) is 0. The maximum absolute atomic E-state index is 13.1. The zero-order valence-electron chi connectivity index (χ0n) is 16.3. The number of alkyl halides is 3. The quantitative estimate of drug-likeness (QED) is 0.384. The molecule has 0 amide bonds. The summed E-state index contributed by atoms with van der Waals surface area (Å²) in [6.07, 6.45) is -2.93. The van der Waals surface area contributed by atoms with Crippen LogP contribution in [-0.2, 0) is 9.84 Å². The normalized spacial score (nSPS) is 13.4. The lowest BCUT2D eigenvalue weighted by molar-refractivity contribution is -0.0925. The molecule has 32 heavy (non-hydrogen) atoms. The minimum Gasteiger partial charge on any atom is -0.395 e. The third kappa shape index (κ3) is 5.72. The van der Waals surface area contributed by atoms with E-state index >= 15 is 0 Å². The van der Waals surface area contributed by atoms with E-state index in [1.165, 1.54) is 24.3 Å². The summed E-state index contributed by atoms with van der Waals surface area (Å²) in [7, 11) is -3.42. The maximum Gasteiger partial charge on any atom is 0.430 e. The number of rotatable bonds is 5. The van der Waals surface area contributed by atoms with Gasteiger partial charge in [-0.05, 0) is 48.0 Å².